The van der Waals surface area contributed by atoms with E-state index >= 15 is 0 Å². The van der Waals surface area contributed by atoms with Crippen molar-refractivity contribution >= 4 is 50.9 Å². The minimum atomic E-state index is -4.59. The number of nitrogens with one attached hydrogen (secondary N) is 1. The fraction of sp³-hybridized carbons (Fsp3) is 0.238. The molecule has 0 saturated heterocycles. The molecule has 1 amide bonds. The Labute approximate surface area is 194 Å². The maximum absolute atomic E-state index is 13.3. The van der Waals surface area contributed by atoms with Gasteiger partial charge in [-0.25, -0.2) is 0 Å². The SMILES string of the molecule is O=C(Cn1nc(C(F)(F)F)c(Br)c1C1CC1)Nc1ccccc1Sc1ccc(Cl)cc1. The molecule has 0 aliphatic heterocycles. The number of alkyl halides is 3. The van der Waals surface area contributed by atoms with Gasteiger partial charge in [-0.05, 0) is 65.2 Å². The molecule has 10 heteroatoms. The Morgan fingerprint density at radius 2 is 1.87 bits per heavy atom. The molecule has 0 atom stereocenters. The number of aromatic nitrogens is 2. The largest absolute Gasteiger partial charge is 0.436 e. The molecule has 1 saturated carbocycles. The van der Waals surface area contributed by atoms with E-state index in [0.29, 0.717) is 16.4 Å². The summed E-state index contributed by atoms with van der Waals surface area (Å²) in [5.41, 5.74) is -0.00474. The van der Waals surface area contributed by atoms with Crippen molar-refractivity contribution in [2.45, 2.75) is 41.3 Å². The highest BCUT2D eigenvalue weighted by Crippen LogP contribution is 2.47. The first-order valence-electron chi connectivity index (χ1n) is 9.38. The molecule has 1 heterocycles. The number of benzene rings is 2. The number of anilines is 1. The molecule has 31 heavy (non-hydrogen) atoms. The van der Waals surface area contributed by atoms with E-state index in [0.717, 1.165) is 27.3 Å². The highest BCUT2D eigenvalue weighted by molar-refractivity contribution is 9.10. The zero-order valence-electron chi connectivity index (χ0n) is 15.9. The van der Waals surface area contributed by atoms with Gasteiger partial charge in [0.2, 0.25) is 5.91 Å². The predicted octanol–water partition coefficient (Wildman–Crippen LogP) is 6.99. The number of para-hydroxylation sites is 1. The van der Waals surface area contributed by atoms with Crippen LogP contribution in [0.4, 0.5) is 18.9 Å². The summed E-state index contributed by atoms with van der Waals surface area (Å²) in [6, 6.07) is 14.5. The van der Waals surface area contributed by atoms with Crippen LogP contribution in [0.3, 0.4) is 0 Å². The third-order valence-corrected chi connectivity index (χ3v) is 6.78. The molecule has 0 radical (unpaired) electrons. The van der Waals surface area contributed by atoms with Crippen molar-refractivity contribution in [3.8, 4) is 0 Å². The second-order valence-electron chi connectivity index (χ2n) is 7.08. The van der Waals surface area contributed by atoms with Crippen molar-refractivity contribution in [3.05, 3.63) is 69.4 Å². The molecule has 162 valence electrons. The summed E-state index contributed by atoms with van der Waals surface area (Å²) in [7, 11) is 0. The second kappa shape index (κ2) is 8.88. The fourth-order valence-corrected chi connectivity index (χ4v) is 4.98. The summed E-state index contributed by atoms with van der Waals surface area (Å²) in [6.07, 6.45) is -3.03. The minimum Gasteiger partial charge on any atom is -0.323 e. The van der Waals surface area contributed by atoms with E-state index in [1.165, 1.54) is 11.8 Å². The van der Waals surface area contributed by atoms with Crippen LogP contribution in [0.2, 0.25) is 5.02 Å². The van der Waals surface area contributed by atoms with Gasteiger partial charge in [-0.3, -0.25) is 9.48 Å². The topological polar surface area (TPSA) is 46.9 Å². The lowest BCUT2D eigenvalue weighted by atomic mass is 10.2. The van der Waals surface area contributed by atoms with Crippen LogP contribution in [0.1, 0.15) is 30.1 Å². The number of nitrogens with zero attached hydrogens (tertiary/aromatic N) is 2. The fourth-order valence-electron chi connectivity index (χ4n) is 3.12. The van der Waals surface area contributed by atoms with Crippen LogP contribution in [0, 0.1) is 0 Å². The van der Waals surface area contributed by atoms with Gasteiger partial charge in [-0.1, -0.05) is 35.5 Å². The summed E-state index contributed by atoms with van der Waals surface area (Å²) < 4.78 is 40.9. The average Bonchev–Trinajstić information content (AvgIpc) is 3.48. The van der Waals surface area contributed by atoms with E-state index in [2.05, 4.69) is 26.3 Å². The van der Waals surface area contributed by atoms with Crippen LogP contribution in [0.15, 0.2) is 62.8 Å². The molecule has 0 bridgehead atoms. The molecule has 2 aromatic carbocycles. The Kier molecular flexibility index (Phi) is 6.37. The quantitative estimate of drug-likeness (QED) is 0.374. The highest BCUT2D eigenvalue weighted by Gasteiger charge is 2.42. The number of hydrogen-bond donors (Lipinski definition) is 1. The maximum Gasteiger partial charge on any atom is 0.436 e. The number of carbonyl (C=O) groups is 1. The Bertz CT molecular complexity index is 1110. The van der Waals surface area contributed by atoms with E-state index in [1.54, 1.807) is 24.3 Å². The third-order valence-electron chi connectivity index (χ3n) is 4.66. The van der Waals surface area contributed by atoms with E-state index in [-0.39, 0.29) is 16.9 Å². The molecule has 1 fully saturated rings. The number of amides is 1. The van der Waals surface area contributed by atoms with Gasteiger partial charge in [0.15, 0.2) is 5.69 Å². The van der Waals surface area contributed by atoms with Crippen molar-refractivity contribution in [1.29, 1.82) is 0 Å². The molecular weight excluding hydrogens is 515 g/mol. The van der Waals surface area contributed by atoms with Crippen LogP contribution < -0.4 is 5.32 Å². The molecule has 4 rings (SSSR count). The highest BCUT2D eigenvalue weighted by atomic mass is 79.9. The first-order chi connectivity index (χ1) is 14.7. The van der Waals surface area contributed by atoms with Crippen LogP contribution >= 0.6 is 39.3 Å². The zero-order chi connectivity index (χ0) is 22.2. The summed E-state index contributed by atoms with van der Waals surface area (Å²) in [5, 5.41) is 7.12. The number of carbonyl (C=O) groups excluding carboxylic acids is 1. The minimum absolute atomic E-state index is 0.0153. The Hall–Kier alpha value is -1.97. The lowest BCUT2D eigenvalue weighted by Crippen LogP contribution is -2.21. The van der Waals surface area contributed by atoms with Crippen molar-refractivity contribution in [3.63, 3.8) is 0 Å². The zero-order valence-corrected chi connectivity index (χ0v) is 19.1. The molecule has 1 aliphatic carbocycles. The van der Waals surface area contributed by atoms with Crippen LogP contribution in [0.5, 0.6) is 0 Å². The van der Waals surface area contributed by atoms with Crippen molar-refractivity contribution in [1.82, 2.24) is 9.78 Å². The van der Waals surface area contributed by atoms with Gasteiger partial charge in [0.05, 0.1) is 15.9 Å². The van der Waals surface area contributed by atoms with Gasteiger partial charge in [0.25, 0.3) is 0 Å². The van der Waals surface area contributed by atoms with Gasteiger partial charge in [0, 0.05) is 20.7 Å². The summed E-state index contributed by atoms with van der Waals surface area (Å²) in [4.78, 5) is 14.4. The van der Waals surface area contributed by atoms with Gasteiger partial charge < -0.3 is 5.32 Å². The van der Waals surface area contributed by atoms with Gasteiger partial charge in [-0.2, -0.15) is 18.3 Å². The molecule has 4 nitrogen and oxygen atoms in total. The van der Waals surface area contributed by atoms with E-state index in [1.807, 2.05) is 24.3 Å². The van der Waals surface area contributed by atoms with Crippen molar-refractivity contribution in [2.24, 2.45) is 0 Å². The summed E-state index contributed by atoms with van der Waals surface area (Å²) in [5.74, 6) is -0.465. The van der Waals surface area contributed by atoms with Crippen LogP contribution in [0.25, 0.3) is 0 Å². The Morgan fingerprint density at radius 1 is 1.19 bits per heavy atom. The van der Waals surface area contributed by atoms with Gasteiger partial charge in [-0.15, -0.1) is 0 Å². The first kappa shape index (κ1) is 22.2. The lowest BCUT2D eigenvalue weighted by molar-refractivity contribution is -0.142. The first-order valence-corrected chi connectivity index (χ1v) is 11.4. The number of rotatable bonds is 6. The summed E-state index contributed by atoms with van der Waals surface area (Å²) in [6.45, 7) is -0.305. The smallest absolute Gasteiger partial charge is 0.323 e. The average molecular weight is 531 g/mol. The Balaban J connectivity index is 1.53. The summed E-state index contributed by atoms with van der Waals surface area (Å²) >= 11 is 10.4. The molecule has 0 spiro atoms. The molecule has 0 unspecified atom stereocenters. The normalized spacial score (nSPS) is 14.0. The predicted molar refractivity (Wildman–Crippen MR) is 118 cm³/mol. The van der Waals surface area contributed by atoms with Gasteiger partial charge in [0.1, 0.15) is 6.54 Å². The molecular formula is C21H16BrClF3N3OS. The molecule has 3 aromatic rings. The van der Waals surface area contributed by atoms with E-state index < -0.39 is 17.8 Å². The van der Waals surface area contributed by atoms with Crippen molar-refractivity contribution < 1.29 is 18.0 Å². The van der Waals surface area contributed by atoms with Crippen LogP contribution in [-0.4, -0.2) is 15.7 Å². The molecule has 1 N–H and O–H groups in total. The maximum atomic E-state index is 13.3. The lowest BCUT2D eigenvalue weighted by Gasteiger charge is -2.12. The van der Waals surface area contributed by atoms with Crippen molar-refractivity contribution in [2.75, 3.05) is 5.32 Å². The van der Waals surface area contributed by atoms with Gasteiger partial charge >= 0.3 is 6.18 Å². The Morgan fingerprint density at radius 3 is 2.52 bits per heavy atom. The van der Waals surface area contributed by atoms with Crippen LogP contribution in [-0.2, 0) is 17.5 Å². The third kappa shape index (κ3) is 5.27. The van der Waals surface area contributed by atoms with E-state index in [4.69, 9.17) is 11.6 Å². The number of halogens is 5. The standard InChI is InChI=1S/C21H16BrClF3N3OS/c22-18-19(12-5-6-12)29(28-20(18)21(24,25)26)11-17(30)27-15-3-1-2-4-16(15)31-14-9-7-13(23)8-10-14/h1-4,7-10,12H,5-6,11H2,(H,27,30). The monoisotopic (exact) mass is 529 g/mol. The van der Waals surface area contributed by atoms with E-state index in [9.17, 15) is 18.0 Å². The number of hydrogen-bond acceptors (Lipinski definition) is 3. The second-order valence-corrected chi connectivity index (χ2v) is 9.42. The molecule has 1 aromatic heterocycles. The molecule has 1 aliphatic rings.